The summed E-state index contributed by atoms with van der Waals surface area (Å²) in [5.74, 6) is 3.08. The summed E-state index contributed by atoms with van der Waals surface area (Å²) in [7, 11) is 1.67. The number of ether oxygens (including phenoxy) is 1. The van der Waals surface area contributed by atoms with E-state index in [1.165, 1.54) is 0 Å². The number of fused-ring (bicyclic) bond motifs is 1. The van der Waals surface area contributed by atoms with E-state index in [0.29, 0.717) is 42.5 Å². The molecule has 1 aromatic carbocycles. The number of aromatic nitrogens is 2. The van der Waals surface area contributed by atoms with E-state index in [1.807, 2.05) is 42.1 Å². The molecule has 0 bridgehead atoms. The Morgan fingerprint density at radius 1 is 1.34 bits per heavy atom. The van der Waals surface area contributed by atoms with Gasteiger partial charge in [-0.05, 0) is 57.6 Å². The molecule has 3 N–H and O–H groups in total. The van der Waals surface area contributed by atoms with Crippen LogP contribution in [0.3, 0.4) is 0 Å². The molecule has 0 radical (unpaired) electrons. The number of quaternary nitrogens is 1. The molecule has 0 spiro atoms. The molecule has 184 valence electrons. The van der Waals surface area contributed by atoms with Crippen molar-refractivity contribution in [2.45, 2.75) is 63.1 Å². The maximum Gasteiger partial charge on any atom is 0.312 e. The van der Waals surface area contributed by atoms with Gasteiger partial charge < -0.3 is 15.2 Å². The van der Waals surface area contributed by atoms with Crippen LogP contribution in [0.2, 0.25) is 0 Å². The standard InChI is InChI=1S/C27H32N4O4/c1-4-27(33)13-11-20(12-14-27)30-17-19-15-22(25(35-5-2)16-21(19)29-30)28-26(32)24-8-6-7-23(18-9-10-18)31(24,3)34/h1,6-8,15-18,20,23,33-34H,5,9-14H2,2-3H3/p+1. The summed E-state index contributed by atoms with van der Waals surface area (Å²) >= 11 is 0. The van der Waals surface area contributed by atoms with E-state index in [0.717, 1.165) is 36.6 Å². The van der Waals surface area contributed by atoms with Gasteiger partial charge in [-0.1, -0.05) is 12.0 Å². The zero-order chi connectivity index (χ0) is 24.8. The second-order valence-corrected chi connectivity index (χ2v) is 10.1. The Bertz CT molecular complexity index is 1240. The molecule has 2 aromatic rings. The highest BCUT2D eigenvalue weighted by molar-refractivity contribution is 6.04. The summed E-state index contributed by atoms with van der Waals surface area (Å²) in [6.45, 7) is 2.32. The first kappa shape index (κ1) is 23.6. The molecular weight excluding hydrogens is 444 g/mol. The van der Waals surface area contributed by atoms with E-state index in [9.17, 15) is 15.1 Å². The number of hydrogen-bond donors (Lipinski definition) is 3. The fraction of sp³-hybridized carbons (Fsp3) is 0.481. The van der Waals surface area contributed by atoms with Gasteiger partial charge >= 0.3 is 5.91 Å². The van der Waals surface area contributed by atoms with Crippen LogP contribution in [0.25, 0.3) is 10.9 Å². The van der Waals surface area contributed by atoms with E-state index in [1.54, 1.807) is 13.1 Å². The molecule has 2 aliphatic carbocycles. The van der Waals surface area contributed by atoms with Crippen LogP contribution in [0.4, 0.5) is 5.69 Å². The normalized spacial score (nSPS) is 30.5. The molecule has 8 heteroatoms. The summed E-state index contributed by atoms with van der Waals surface area (Å²) in [6, 6.07) is 3.73. The minimum absolute atomic E-state index is 0.115. The van der Waals surface area contributed by atoms with Crippen molar-refractivity contribution >= 4 is 22.5 Å². The van der Waals surface area contributed by atoms with Crippen LogP contribution >= 0.6 is 0 Å². The third-order valence-corrected chi connectivity index (χ3v) is 7.56. The zero-order valence-electron chi connectivity index (χ0n) is 20.3. The predicted octanol–water partition coefficient (Wildman–Crippen LogP) is 3.92. The first-order valence-electron chi connectivity index (χ1n) is 12.4. The van der Waals surface area contributed by atoms with Gasteiger partial charge in [-0.25, -0.2) is 5.21 Å². The average molecular weight is 478 g/mol. The van der Waals surface area contributed by atoms with Crippen LogP contribution in [0.1, 0.15) is 51.5 Å². The van der Waals surface area contributed by atoms with Gasteiger partial charge in [-0.2, -0.15) is 5.10 Å². The lowest BCUT2D eigenvalue weighted by Crippen LogP contribution is -2.52. The fourth-order valence-corrected chi connectivity index (χ4v) is 5.33. The van der Waals surface area contributed by atoms with Crippen LogP contribution in [0, 0.1) is 18.3 Å². The van der Waals surface area contributed by atoms with Gasteiger partial charge in [0, 0.05) is 29.6 Å². The number of aliphatic hydroxyl groups is 1. The lowest BCUT2D eigenvalue weighted by Gasteiger charge is -2.34. The summed E-state index contributed by atoms with van der Waals surface area (Å²) < 4.78 is 7.30. The number of hydrogen-bond acceptors (Lipinski definition) is 5. The zero-order valence-corrected chi connectivity index (χ0v) is 20.3. The Morgan fingerprint density at radius 3 is 2.74 bits per heavy atom. The van der Waals surface area contributed by atoms with Crippen molar-refractivity contribution in [3.63, 3.8) is 0 Å². The molecule has 1 aromatic heterocycles. The first-order valence-corrected chi connectivity index (χ1v) is 12.4. The van der Waals surface area contributed by atoms with Crippen molar-refractivity contribution < 1.29 is 24.5 Å². The minimum Gasteiger partial charge on any atom is -0.492 e. The first-order chi connectivity index (χ1) is 16.7. The molecule has 2 atom stereocenters. The van der Waals surface area contributed by atoms with Gasteiger partial charge in [0.1, 0.15) is 24.4 Å². The van der Waals surface area contributed by atoms with Gasteiger partial charge in [0.05, 0.1) is 23.9 Å². The van der Waals surface area contributed by atoms with Crippen LogP contribution in [0.15, 0.2) is 42.3 Å². The summed E-state index contributed by atoms with van der Waals surface area (Å²) in [4.78, 5) is 13.3. The van der Waals surface area contributed by atoms with Crippen LogP contribution < -0.4 is 10.1 Å². The smallest absolute Gasteiger partial charge is 0.312 e. The number of anilines is 1. The van der Waals surface area contributed by atoms with Crippen molar-refractivity contribution in [3.05, 3.63) is 42.3 Å². The van der Waals surface area contributed by atoms with Crippen molar-refractivity contribution in [1.29, 1.82) is 0 Å². The number of likely N-dealkylation sites (N-methyl/N-ethyl adjacent to an activating group) is 1. The number of rotatable bonds is 6. The largest absolute Gasteiger partial charge is 0.492 e. The number of carbonyl (C=O) groups is 1. The molecule has 0 saturated heterocycles. The number of nitrogens with zero attached hydrogens (tertiary/aromatic N) is 3. The van der Waals surface area contributed by atoms with Gasteiger partial charge in [-0.15, -0.1) is 11.1 Å². The van der Waals surface area contributed by atoms with Crippen LogP contribution in [-0.4, -0.2) is 55.9 Å². The highest BCUT2D eigenvalue weighted by atomic mass is 16.5. The van der Waals surface area contributed by atoms with Crippen LogP contribution in [-0.2, 0) is 4.79 Å². The van der Waals surface area contributed by atoms with Crippen molar-refractivity contribution in [2.24, 2.45) is 5.92 Å². The maximum atomic E-state index is 13.3. The van der Waals surface area contributed by atoms with Crippen molar-refractivity contribution in [1.82, 2.24) is 9.78 Å². The Hall–Kier alpha value is -3.12. The minimum atomic E-state index is -1.02. The lowest BCUT2D eigenvalue weighted by atomic mass is 9.83. The van der Waals surface area contributed by atoms with Gasteiger partial charge in [0.2, 0.25) is 5.70 Å². The SMILES string of the molecule is C#CC1(O)CCC(n2cc3cc(NC(=O)C4=CC=CC(C5CC5)[N+]4(C)O)c(OCC)cc3n2)CC1. The quantitative estimate of drug-likeness (QED) is 0.433. The molecule has 3 aliphatic rings. The Labute approximate surface area is 205 Å². The van der Waals surface area contributed by atoms with E-state index in [4.69, 9.17) is 16.3 Å². The average Bonchev–Trinajstić information content (AvgIpc) is 3.58. The van der Waals surface area contributed by atoms with E-state index < -0.39 is 10.2 Å². The highest BCUT2D eigenvalue weighted by Gasteiger charge is 2.48. The Kier molecular flexibility index (Phi) is 5.96. The number of allylic oxidation sites excluding steroid dienone is 2. The molecule has 5 rings (SSSR count). The molecule has 1 aliphatic heterocycles. The monoisotopic (exact) mass is 477 g/mol. The second-order valence-electron chi connectivity index (χ2n) is 10.1. The summed E-state index contributed by atoms with van der Waals surface area (Å²) in [5.41, 5.74) is 0.573. The highest BCUT2D eigenvalue weighted by Crippen LogP contribution is 2.41. The second kappa shape index (κ2) is 8.83. The van der Waals surface area contributed by atoms with E-state index in [-0.39, 0.29) is 18.0 Å². The molecule has 1 amide bonds. The number of carbonyl (C=O) groups excluding carboxylic acids is 1. The summed E-state index contributed by atoms with van der Waals surface area (Å²) in [6.07, 6.45) is 17.7. The number of hydroxylamine groups is 3. The lowest BCUT2D eigenvalue weighted by molar-refractivity contribution is -1.07. The topological polar surface area (TPSA) is 96.6 Å². The van der Waals surface area contributed by atoms with Crippen molar-refractivity contribution in [2.75, 3.05) is 19.0 Å². The van der Waals surface area contributed by atoms with Crippen LogP contribution in [0.5, 0.6) is 5.75 Å². The Balaban J connectivity index is 1.40. The number of benzene rings is 1. The number of amides is 1. The van der Waals surface area contributed by atoms with E-state index in [2.05, 4.69) is 11.2 Å². The molecule has 35 heavy (non-hydrogen) atoms. The molecule has 2 unspecified atom stereocenters. The number of terminal acetylenes is 1. The molecule has 2 fully saturated rings. The van der Waals surface area contributed by atoms with Gasteiger partial charge in [-0.3, -0.25) is 9.48 Å². The molecular formula is C27H33N4O4+. The third-order valence-electron chi connectivity index (χ3n) is 7.56. The predicted molar refractivity (Wildman–Crippen MR) is 133 cm³/mol. The molecule has 2 saturated carbocycles. The molecule has 2 heterocycles. The van der Waals surface area contributed by atoms with Gasteiger partial charge in [0.25, 0.3) is 0 Å². The van der Waals surface area contributed by atoms with E-state index >= 15 is 0 Å². The fourth-order valence-electron chi connectivity index (χ4n) is 5.33. The van der Waals surface area contributed by atoms with Gasteiger partial charge in [0.15, 0.2) is 0 Å². The third kappa shape index (κ3) is 4.47. The van der Waals surface area contributed by atoms with Crippen molar-refractivity contribution in [3.8, 4) is 18.1 Å². The summed E-state index contributed by atoms with van der Waals surface area (Å²) in [5, 5.41) is 30.1. The number of nitrogens with one attached hydrogen (secondary N) is 1. The maximum absolute atomic E-state index is 13.3. The molecule has 8 nitrogen and oxygen atoms in total. The Morgan fingerprint density at radius 2 is 2.09 bits per heavy atom.